The first-order valence-corrected chi connectivity index (χ1v) is 9.86. The lowest BCUT2D eigenvalue weighted by molar-refractivity contribution is 0.0693. The van der Waals surface area contributed by atoms with Crippen molar-refractivity contribution in [2.45, 2.75) is 20.1 Å². The van der Waals surface area contributed by atoms with Crippen LogP contribution < -0.4 is 9.47 Å². The Bertz CT molecular complexity index is 1040. The van der Waals surface area contributed by atoms with Crippen molar-refractivity contribution in [3.63, 3.8) is 0 Å². The monoisotopic (exact) mass is 407 g/mol. The Hall–Kier alpha value is -3.25. The Morgan fingerprint density at radius 2 is 1.87 bits per heavy atom. The van der Waals surface area contributed by atoms with Gasteiger partial charge in [0, 0.05) is 12.7 Å². The molecule has 0 aliphatic carbocycles. The van der Waals surface area contributed by atoms with Gasteiger partial charge in [0.25, 0.3) is 5.91 Å². The van der Waals surface area contributed by atoms with E-state index < -0.39 is 0 Å². The molecule has 0 N–H and O–H groups in total. The lowest BCUT2D eigenvalue weighted by Gasteiger charge is -2.19. The summed E-state index contributed by atoms with van der Waals surface area (Å²) in [7, 11) is 3.22. The van der Waals surface area contributed by atoms with Crippen LogP contribution in [0.2, 0.25) is 0 Å². The van der Waals surface area contributed by atoms with Crippen molar-refractivity contribution >= 4 is 5.91 Å². The molecule has 0 saturated heterocycles. The second-order valence-corrected chi connectivity index (χ2v) is 7.31. The van der Waals surface area contributed by atoms with E-state index in [1.54, 1.807) is 31.3 Å². The highest BCUT2D eigenvalue weighted by atomic mass is 16.5. The average molecular weight is 407 g/mol. The number of nitrogens with zero attached hydrogens (tertiary/aromatic N) is 1. The molecule has 0 unspecified atom stereocenters. The van der Waals surface area contributed by atoms with E-state index in [1.807, 2.05) is 6.07 Å². The maximum absolute atomic E-state index is 13.0. The summed E-state index contributed by atoms with van der Waals surface area (Å²) < 4.78 is 22.3. The fourth-order valence-corrected chi connectivity index (χ4v) is 3.59. The number of rotatable bonds is 5. The summed E-state index contributed by atoms with van der Waals surface area (Å²) in [6.45, 7) is 3.63. The van der Waals surface area contributed by atoms with Gasteiger partial charge in [0.1, 0.15) is 19.0 Å². The molecule has 1 aliphatic rings. The smallest absolute Gasteiger partial charge is 0.289 e. The van der Waals surface area contributed by atoms with Gasteiger partial charge in [-0.15, -0.1) is 0 Å². The average Bonchev–Trinajstić information content (AvgIpc) is 3.11. The van der Waals surface area contributed by atoms with Crippen molar-refractivity contribution in [2.24, 2.45) is 0 Å². The highest BCUT2D eigenvalue weighted by Gasteiger charge is 2.26. The van der Waals surface area contributed by atoms with E-state index in [9.17, 15) is 4.79 Å². The molecule has 1 aliphatic heterocycles. The Morgan fingerprint density at radius 3 is 2.60 bits per heavy atom. The second kappa shape index (κ2) is 8.63. The fraction of sp³-hybridized carbons (Fsp3) is 0.292. The van der Waals surface area contributed by atoms with Crippen LogP contribution in [-0.2, 0) is 17.9 Å². The lowest BCUT2D eigenvalue weighted by atomic mass is 10.0. The van der Waals surface area contributed by atoms with Crippen LogP contribution in [-0.4, -0.2) is 38.2 Å². The number of aryl methyl sites for hydroxylation is 1. The summed E-state index contributed by atoms with van der Waals surface area (Å²) in [5.74, 6) is 2.09. The van der Waals surface area contributed by atoms with Gasteiger partial charge in [0.2, 0.25) is 0 Å². The Kier molecular flexibility index (Phi) is 5.77. The van der Waals surface area contributed by atoms with Crippen LogP contribution in [0.3, 0.4) is 0 Å². The molecule has 4 rings (SSSR count). The SMILES string of the molecule is COCc1ccc(C(=O)N2CCOc3c(cc(-c4ccc(C)cc4)cc3OC)C2)o1. The maximum atomic E-state index is 13.0. The molecule has 0 fully saturated rings. The summed E-state index contributed by atoms with van der Waals surface area (Å²) in [6.07, 6.45) is 0. The van der Waals surface area contributed by atoms with E-state index in [-0.39, 0.29) is 5.91 Å². The standard InChI is InChI=1S/C24H25NO5/c1-16-4-6-17(7-5-16)18-12-19-14-25(10-11-29-23(19)22(13-18)28-3)24(26)21-9-8-20(30-21)15-27-2/h4-9,12-13H,10-11,14-15H2,1-3H3. The molecule has 0 radical (unpaired) electrons. The number of ether oxygens (including phenoxy) is 3. The largest absolute Gasteiger partial charge is 0.493 e. The number of furan rings is 1. The van der Waals surface area contributed by atoms with Crippen LogP contribution >= 0.6 is 0 Å². The molecule has 3 aromatic rings. The predicted octanol–water partition coefficient (Wildman–Crippen LogP) is 4.44. The number of amides is 1. The second-order valence-electron chi connectivity index (χ2n) is 7.31. The predicted molar refractivity (Wildman–Crippen MR) is 113 cm³/mol. The van der Waals surface area contributed by atoms with Gasteiger partial charge in [0.15, 0.2) is 17.3 Å². The molecular weight excluding hydrogens is 382 g/mol. The Labute approximate surface area is 176 Å². The lowest BCUT2D eigenvalue weighted by Crippen LogP contribution is -2.32. The first-order chi connectivity index (χ1) is 14.6. The third kappa shape index (κ3) is 4.04. The molecule has 0 saturated carbocycles. The molecule has 6 heteroatoms. The van der Waals surface area contributed by atoms with Crippen molar-refractivity contribution in [3.05, 3.63) is 71.2 Å². The number of benzene rings is 2. The molecule has 2 aromatic carbocycles. The highest BCUT2D eigenvalue weighted by Crippen LogP contribution is 2.38. The van der Waals surface area contributed by atoms with E-state index in [2.05, 4.69) is 37.3 Å². The molecule has 30 heavy (non-hydrogen) atoms. The molecule has 1 amide bonds. The minimum absolute atomic E-state index is 0.173. The molecule has 2 heterocycles. The maximum Gasteiger partial charge on any atom is 0.289 e. The van der Waals surface area contributed by atoms with Gasteiger partial charge in [-0.05, 0) is 42.3 Å². The van der Waals surface area contributed by atoms with Gasteiger partial charge in [-0.2, -0.15) is 0 Å². The summed E-state index contributed by atoms with van der Waals surface area (Å²) in [6, 6.07) is 15.8. The Morgan fingerprint density at radius 1 is 1.07 bits per heavy atom. The third-order valence-electron chi connectivity index (χ3n) is 5.15. The van der Waals surface area contributed by atoms with E-state index in [0.717, 1.165) is 16.7 Å². The molecule has 0 bridgehead atoms. The van der Waals surface area contributed by atoms with Crippen LogP contribution in [0.4, 0.5) is 0 Å². The van der Waals surface area contributed by atoms with E-state index in [4.69, 9.17) is 18.6 Å². The number of hydrogen-bond donors (Lipinski definition) is 0. The fourth-order valence-electron chi connectivity index (χ4n) is 3.59. The van der Waals surface area contributed by atoms with Crippen molar-refractivity contribution in [1.29, 1.82) is 0 Å². The summed E-state index contributed by atoms with van der Waals surface area (Å²) in [5.41, 5.74) is 4.20. The molecular formula is C24H25NO5. The van der Waals surface area contributed by atoms with Gasteiger partial charge in [-0.25, -0.2) is 0 Å². The zero-order valence-corrected chi connectivity index (χ0v) is 17.4. The molecule has 0 atom stereocenters. The van der Waals surface area contributed by atoms with Gasteiger partial charge in [0.05, 0.1) is 20.2 Å². The topological polar surface area (TPSA) is 61.1 Å². The number of hydrogen-bond acceptors (Lipinski definition) is 5. The summed E-state index contributed by atoms with van der Waals surface area (Å²) in [4.78, 5) is 14.8. The first-order valence-electron chi connectivity index (χ1n) is 9.86. The van der Waals surface area contributed by atoms with Crippen molar-refractivity contribution in [2.75, 3.05) is 27.4 Å². The van der Waals surface area contributed by atoms with Crippen molar-refractivity contribution in [3.8, 4) is 22.6 Å². The van der Waals surface area contributed by atoms with Gasteiger partial charge >= 0.3 is 0 Å². The van der Waals surface area contributed by atoms with Crippen LogP contribution in [0.1, 0.15) is 27.4 Å². The van der Waals surface area contributed by atoms with Crippen LogP contribution in [0, 0.1) is 6.92 Å². The van der Waals surface area contributed by atoms with Crippen LogP contribution in [0.25, 0.3) is 11.1 Å². The molecule has 0 spiro atoms. The van der Waals surface area contributed by atoms with Crippen molar-refractivity contribution < 1.29 is 23.4 Å². The quantitative estimate of drug-likeness (QED) is 0.626. The van der Waals surface area contributed by atoms with E-state index >= 15 is 0 Å². The summed E-state index contributed by atoms with van der Waals surface area (Å²) >= 11 is 0. The zero-order valence-electron chi connectivity index (χ0n) is 17.4. The minimum atomic E-state index is -0.173. The number of carbonyl (C=O) groups excluding carboxylic acids is 1. The molecule has 156 valence electrons. The highest BCUT2D eigenvalue weighted by molar-refractivity contribution is 5.91. The van der Waals surface area contributed by atoms with Gasteiger partial charge in [-0.1, -0.05) is 29.8 Å². The zero-order chi connectivity index (χ0) is 21.1. The summed E-state index contributed by atoms with van der Waals surface area (Å²) in [5, 5.41) is 0. The van der Waals surface area contributed by atoms with Crippen molar-refractivity contribution in [1.82, 2.24) is 4.90 Å². The minimum Gasteiger partial charge on any atom is -0.493 e. The molecule has 6 nitrogen and oxygen atoms in total. The van der Waals surface area contributed by atoms with Gasteiger partial charge < -0.3 is 23.5 Å². The number of carbonyl (C=O) groups is 1. The van der Waals surface area contributed by atoms with E-state index in [0.29, 0.717) is 49.3 Å². The van der Waals surface area contributed by atoms with Gasteiger partial charge in [-0.3, -0.25) is 4.79 Å². The Balaban J connectivity index is 1.66. The van der Waals surface area contributed by atoms with E-state index in [1.165, 1.54) is 5.56 Å². The number of methoxy groups -OCH3 is 2. The van der Waals surface area contributed by atoms with Crippen LogP contribution in [0.5, 0.6) is 11.5 Å². The molecule has 1 aromatic heterocycles. The number of fused-ring (bicyclic) bond motifs is 1. The first kappa shape index (κ1) is 20.0. The third-order valence-corrected chi connectivity index (χ3v) is 5.15. The normalized spacial score (nSPS) is 13.4. The van der Waals surface area contributed by atoms with Crippen LogP contribution in [0.15, 0.2) is 52.9 Å².